The summed E-state index contributed by atoms with van der Waals surface area (Å²) in [5.74, 6) is 1.37. The molecule has 0 fully saturated rings. The SMILES string of the molecule is CCNC(=NCc1ccsc1)NCc1ccc(OC)c(O)c1. The highest BCUT2D eigenvalue weighted by Gasteiger charge is 2.03. The molecule has 1 aromatic heterocycles. The maximum absolute atomic E-state index is 9.79. The zero-order valence-electron chi connectivity index (χ0n) is 12.8. The van der Waals surface area contributed by atoms with Gasteiger partial charge in [0.1, 0.15) is 0 Å². The molecule has 0 aliphatic rings. The summed E-state index contributed by atoms with van der Waals surface area (Å²) in [7, 11) is 1.54. The monoisotopic (exact) mass is 319 g/mol. The van der Waals surface area contributed by atoms with E-state index in [1.54, 1.807) is 23.5 Å². The average molecular weight is 319 g/mol. The lowest BCUT2D eigenvalue weighted by molar-refractivity contribution is 0.373. The Morgan fingerprint density at radius 1 is 1.27 bits per heavy atom. The van der Waals surface area contributed by atoms with Gasteiger partial charge in [0.2, 0.25) is 0 Å². The van der Waals surface area contributed by atoms with Gasteiger partial charge in [-0.1, -0.05) is 6.07 Å². The van der Waals surface area contributed by atoms with Crippen molar-refractivity contribution in [2.24, 2.45) is 4.99 Å². The van der Waals surface area contributed by atoms with Crippen molar-refractivity contribution in [2.75, 3.05) is 13.7 Å². The van der Waals surface area contributed by atoms with Crippen LogP contribution < -0.4 is 15.4 Å². The van der Waals surface area contributed by atoms with E-state index in [4.69, 9.17) is 4.74 Å². The van der Waals surface area contributed by atoms with Gasteiger partial charge in [0.25, 0.3) is 0 Å². The topological polar surface area (TPSA) is 65.9 Å². The van der Waals surface area contributed by atoms with E-state index >= 15 is 0 Å². The highest BCUT2D eigenvalue weighted by Crippen LogP contribution is 2.25. The van der Waals surface area contributed by atoms with Crippen LogP contribution in [0.3, 0.4) is 0 Å². The fourth-order valence-corrected chi connectivity index (χ4v) is 2.59. The number of nitrogens with zero attached hydrogens (tertiary/aromatic N) is 1. The van der Waals surface area contributed by atoms with Crippen LogP contribution in [0.2, 0.25) is 0 Å². The van der Waals surface area contributed by atoms with Crippen LogP contribution in [-0.2, 0) is 13.1 Å². The molecule has 2 rings (SSSR count). The zero-order valence-corrected chi connectivity index (χ0v) is 13.6. The highest BCUT2D eigenvalue weighted by atomic mass is 32.1. The molecule has 0 atom stereocenters. The van der Waals surface area contributed by atoms with Gasteiger partial charge in [-0.2, -0.15) is 11.3 Å². The fraction of sp³-hybridized carbons (Fsp3) is 0.312. The van der Waals surface area contributed by atoms with Crippen LogP contribution in [0.5, 0.6) is 11.5 Å². The van der Waals surface area contributed by atoms with E-state index in [2.05, 4.69) is 27.1 Å². The minimum atomic E-state index is 0.141. The molecule has 0 aliphatic heterocycles. The Hall–Kier alpha value is -2.21. The van der Waals surface area contributed by atoms with Crippen LogP contribution in [0, 0.1) is 0 Å². The van der Waals surface area contributed by atoms with Gasteiger partial charge < -0.3 is 20.5 Å². The van der Waals surface area contributed by atoms with Crippen molar-refractivity contribution < 1.29 is 9.84 Å². The van der Waals surface area contributed by atoms with E-state index in [0.29, 0.717) is 18.8 Å². The first-order valence-corrected chi connectivity index (χ1v) is 8.06. The van der Waals surface area contributed by atoms with Crippen molar-refractivity contribution in [3.05, 3.63) is 46.2 Å². The molecule has 1 heterocycles. The van der Waals surface area contributed by atoms with Crippen molar-refractivity contribution in [2.45, 2.75) is 20.0 Å². The summed E-state index contributed by atoms with van der Waals surface area (Å²) in [6.07, 6.45) is 0. The molecule has 0 bridgehead atoms. The van der Waals surface area contributed by atoms with E-state index < -0.39 is 0 Å². The lowest BCUT2D eigenvalue weighted by Crippen LogP contribution is -2.36. The second-order valence-corrected chi connectivity index (χ2v) is 5.47. The second kappa shape index (κ2) is 8.29. The zero-order chi connectivity index (χ0) is 15.8. The van der Waals surface area contributed by atoms with Gasteiger partial charge in [-0.05, 0) is 47.0 Å². The Morgan fingerprint density at radius 2 is 2.14 bits per heavy atom. The predicted octanol–water partition coefficient (Wildman–Crippen LogP) is 2.72. The van der Waals surface area contributed by atoms with E-state index in [9.17, 15) is 5.11 Å². The highest BCUT2D eigenvalue weighted by molar-refractivity contribution is 7.07. The second-order valence-electron chi connectivity index (χ2n) is 4.69. The molecule has 2 aromatic rings. The summed E-state index contributed by atoms with van der Waals surface area (Å²) in [5, 5.41) is 20.4. The van der Waals surface area contributed by atoms with E-state index in [-0.39, 0.29) is 5.75 Å². The van der Waals surface area contributed by atoms with Crippen molar-refractivity contribution in [3.8, 4) is 11.5 Å². The van der Waals surface area contributed by atoms with Crippen LogP contribution in [0.4, 0.5) is 0 Å². The molecule has 0 aliphatic carbocycles. The Balaban J connectivity index is 1.96. The van der Waals surface area contributed by atoms with Gasteiger partial charge in [0.05, 0.1) is 13.7 Å². The van der Waals surface area contributed by atoms with E-state index in [1.165, 1.54) is 12.7 Å². The number of ether oxygens (including phenoxy) is 1. The Labute approximate surface area is 134 Å². The number of hydrogen-bond acceptors (Lipinski definition) is 4. The molecule has 0 radical (unpaired) electrons. The molecule has 0 saturated heterocycles. The number of guanidine groups is 1. The van der Waals surface area contributed by atoms with Gasteiger partial charge in [-0.3, -0.25) is 0 Å². The molecule has 22 heavy (non-hydrogen) atoms. The number of methoxy groups -OCH3 is 1. The molecular weight excluding hydrogens is 298 g/mol. The smallest absolute Gasteiger partial charge is 0.191 e. The molecular formula is C16H21N3O2S. The standard InChI is InChI=1S/C16H21N3O2S/c1-3-17-16(19-10-13-6-7-22-11-13)18-9-12-4-5-15(21-2)14(20)8-12/h4-8,11,20H,3,9-10H2,1-2H3,(H2,17,18,19). The first kappa shape index (κ1) is 16.2. The van der Waals surface area contributed by atoms with Crippen molar-refractivity contribution >= 4 is 17.3 Å². The molecule has 3 N–H and O–H groups in total. The minimum absolute atomic E-state index is 0.141. The quantitative estimate of drug-likeness (QED) is 0.566. The molecule has 5 nitrogen and oxygen atoms in total. The largest absolute Gasteiger partial charge is 0.504 e. The Bertz CT molecular complexity index is 612. The van der Waals surface area contributed by atoms with Crippen molar-refractivity contribution in [1.82, 2.24) is 10.6 Å². The first-order chi connectivity index (χ1) is 10.7. The van der Waals surface area contributed by atoms with Gasteiger partial charge in [0.15, 0.2) is 17.5 Å². The lowest BCUT2D eigenvalue weighted by Gasteiger charge is -2.12. The van der Waals surface area contributed by atoms with Crippen molar-refractivity contribution in [3.63, 3.8) is 0 Å². The van der Waals surface area contributed by atoms with Crippen LogP contribution in [-0.4, -0.2) is 24.7 Å². The first-order valence-electron chi connectivity index (χ1n) is 7.12. The summed E-state index contributed by atoms with van der Waals surface area (Å²) in [5.41, 5.74) is 2.16. The van der Waals surface area contributed by atoms with Crippen LogP contribution in [0.1, 0.15) is 18.1 Å². The third-order valence-corrected chi connectivity index (χ3v) is 3.78. The summed E-state index contributed by atoms with van der Waals surface area (Å²) in [6.45, 7) is 4.05. The van der Waals surface area contributed by atoms with E-state index in [0.717, 1.165) is 18.1 Å². The summed E-state index contributed by atoms with van der Waals surface area (Å²) in [6, 6.07) is 7.42. The number of aliphatic imine (C=N–C) groups is 1. The molecule has 0 amide bonds. The molecule has 0 spiro atoms. The number of phenolic OH excluding ortho intramolecular Hbond substituents is 1. The van der Waals surface area contributed by atoms with Gasteiger partial charge in [-0.25, -0.2) is 4.99 Å². The lowest BCUT2D eigenvalue weighted by atomic mass is 10.2. The number of rotatable bonds is 6. The summed E-state index contributed by atoms with van der Waals surface area (Å²) in [4.78, 5) is 4.54. The Morgan fingerprint density at radius 3 is 2.77 bits per heavy atom. The number of aromatic hydroxyl groups is 1. The van der Waals surface area contributed by atoms with E-state index in [1.807, 2.05) is 18.4 Å². The molecule has 118 valence electrons. The third kappa shape index (κ3) is 4.66. The molecule has 0 saturated carbocycles. The summed E-state index contributed by atoms with van der Waals surface area (Å²) >= 11 is 1.67. The van der Waals surface area contributed by atoms with Crippen LogP contribution in [0.25, 0.3) is 0 Å². The average Bonchev–Trinajstić information content (AvgIpc) is 3.03. The molecule has 1 aromatic carbocycles. The fourth-order valence-electron chi connectivity index (χ4n) is 1.93. The third-order valence-electron chi connectivity index (χ3n) is 3.05. The number of nitrogens with one attached hydrogen (secondary N) is 2. The van der Waals surface area contributed by atoms with Crippen LogP contribution >= 0.6 is 11.3 Å². The minimum Gasteiger partial charge on any atom is -0.504 e. The molecule has 6 heteroatoms. The number of thiophene rings is 1. The summed E-state index contributed by atoms with van der Waals surface area (Å²) < 4.78 is 5.04. The number of phenols is 1. The number of benzene rings is 1. The van der Waals surface area contributed by atoms with Gasteiger partial charge >= 0.3 is 0 Å². The number of hydrogen-bond donors (Lipinski definition) is 3. The van der Waals surface area contributed by atoms with Crippen molar-refractivity contribution in [1.29, 1.82) is 0 Å². The maximum Gasteiger partial charge on any atom is 0.191 e. The Kier molecular flexibility index (Phi) is 6.09. The predicted molar refractivity (Wildman–Crippen MR) is 90.6 cm³/mol. The van der Waals surface area contributed by atoms with Crippen LogP contribution in [0.15, 0.2) is 40.0 Å². The van der Waals surface area contributed by atoms with Gasteiger partial charge in [0, 0.05) is 13.1 Å². The molecule has 0 unspecified atom stereocenters. The normalized spacial score (nSPS) is 11.3. The maximum atomic E-state index is 9.79. The van der Waals surface area contributed by atoms with Gasteiger partial charge in [-0.15, -0.1) is 0 Å².